The number of carbonyl (C=O) groups is 2. The Morgan fingerprint density at radius 2 is 1.82 bits per heavy atom. The van der Waals surface area contributed by atoms with Gasteiger partial charge >= 0.3 is 5.97 Å². The predicted octanol–water partition coefficient (Wildman–Crippen LogP) is 2.75. The van der Waals surface area contributed by atoms with Crippen molar-refractivity contribution >= 4 is 11.8 Å². The summed E-state index contributed by atoms with van der Waals surface area (Å²) in [6.07, 6.45) is 3.51. The smallest absolute Gasteiger partial charge is 0.334 e. The van der Waals surface area contributed by atoms with E-state index >= 15 is 0 Å². The molecule has 38 heavy (non-hydrogen) atoms. The lowest BCUT2D eigenvalue weighted by Crippen LogP contribution is -2.76. The van der Waals surface area contributed by atoms with Gasteiger partial charge in [0.05, 0.1) is 17.1 Å². The molecule has 212 valence electrons. The summed E-state index contributed by atoms with van der Waals surface area (Å²) in [5.41, 5.74) is -7.05. The number of rotatable bonds is 4. The van der Waals surface area contributed by atoms with Crippen LogP contribution in [-0.4, -0.2) is 73.4 Å². The van der Waals surface area contributed by atoms with Crippen molar-refractivity contribution in [1.82, 2.24) is 0 Å². The summed E-state index contributed by atoms with van der Waals surface area (Å²) in [5.74, 6) is -1.39. The molecule has 0 amide bonds. The average molecular weight is 533 g/mol. The number of esters is 1. The normalized spacial score (nSPS) is 50.2. The third-order valence-corrected chi connectivity index (χ3v) is 12.2. The quantitative estimate of drug-likeness (QED) is 0.406. The van der Waals surface area contributed by atoms with Crippen LogP contribution in [0.25, 0.3) is 0 Å². The first-order valence-corrected chi connectivity index (χ1v) is 14.1. The summed E-state index contributed by atoms with van der Waals surface area (Å²) in [5, 5.41) is 48.5. The van der Waals surface area contributed by atoms with Gasteiger partial charge in [0.15, 0.2) is 5.78 Å². The molecule has 0 spiro atoms. The van der Waals surface area contributed by atoms with Crippen molar-refractivity contribution in [2.45, 2.75) is 121 Å². The minimum atomic E-state index is -1.84. The molecule has 10 unspecified atom stereocenters. The van der Waals surface area contributed by atoms with Crippen LogP contribution in [0.4, 0.5) is 0 Å². The van der Waals surface area contributed by atoms with E-state index in [0.717, 1.165) is 5.57 Å². The molecule has 5 rings (SSSR count). The lowest BCUT2D eigenvalue weighted by Gasteiger charge is -2.67. The Kier molecular flexibility index (Phi) is 6.23. The van der Waals surface area contributed by atoms with E-state index in [2.05, 4.69) is 0 Å². The molecule has 0 aromatic rings. The number of aliphatic hydroxyl groups excluding tert-OH is 1. The van der Waals surface area contributed by atoms with Crippen LogP contribution < -0.4 is 0 Å². The molecule has 8 nitrogen and oxygen atoms in total. The maximum Gasteiger partial charge on any atom is 0.334 e. The molecule has 3 fully saturated rings. The Labute approximate surface area is 225 Å². The number of ketones is 1. The summed E-state index contributed by atoms with van der Waals surface area (Å²) in [4.78, 5) is 26.1. The standard InChI is InChI=1S/C30H44O8/c1-7-37-29-11-8-9-21(31)26(29,5)19-10-12-25(4)28(35,20(19)16-22(29)32)13-14-30(25,36)27(6,34)23-15-17(2)18(3)24(33)38-23/h8-9,19-20,22-23,32,34-36H,7,10-16H2,1-6H3. The van der Waals surface area contributed by atoms with Gasteiger partial charge in [0.25, 0.3) is 0 Å². The summed E-state index contributed by atoms with van der Waals surface area (Å²) in [7, 11) is 0. The molecule has 1 aliphatic heterocycles. The minimum absolute atomic E-state index is 0.100. The summed E-state index contributed by atoms with van der Waals surface area (Å²) in [6.45, 7) is 10.9. The first-order valence-electron chi connectivity index (χ1n) is 14.1. The van der Waals surface area contributed by atoms with Gasteiger partial charge in [-0.3, -0.25) is 4.79 Å². The second-order valence-electron chi connectivity index (χ2n) is 13.3. The molecular weight excluding hydrogens is 488 g/mol. The zero-order valence-electron chi connectivity index (χ0n) is 23.5. The Morgan fingerprint density at radius 1 is 1.13 bits per heavy atom. The number of hydrogen-bond acceptors (Lipinski definition) is 8. The van der Waals surface area contributed by atoms with E-state index in [9.17, 15) is 30.0 Å². The van der Waals surface area contributed by atoms with Crippen LogP contribution in [0.5, 0.6) is 0 Å². The van der Waals surface area contributed by atoms with Gasteiger partial charge in [-0.1, -0.05) is 18.6 Å². The van der Waals surface area contributed by atoms with E-state index < -0.39 is 57.3 Å². The minimum Gasteiger partial charge on any atom is -0.455 e. The fraction of sp³-hybridized carbons (Fsp3) is 0.800. The van der Waals surface area contributed by atoms with E-state index in [0.29, 0.717) is 37.9 Å². The van der Waals surface area contributed by atoms with E-state index in [1.165, 1.54) is 6.92 Å². The van der Waals surface area contributed by atoms with Gasteiger partial charge in [-0.25, -0.2) is 4.79 Å². The molecule has 0 aromatic heterocycles. The van der Waals surface area contributed by atoms with Crippen molar-refractivity contribution in [3.05, 3.63) is 23.3 Å². The molecule has 1 heterocycles. The van der Waals surface area contributed by atoms with E-state index in [4.69, 9.17) is 9.47 Å². The molecule has 4 aliphatic carbocycles. The summed E-state index contributed by atoms with van der Waals surface area (Å²) >= 11 is 0. The van der Waals surface area contributed by atoms with Crippen LogP contribution in [-0.2, 0) is 19.1 Å². The fourth-order valence-electron chi connectivity index (χ4n) is 9.49. The molecule has 10 atom stereocenters. The number of ether oxygens (including phenoxy) is 2. The SMILES string of the molecule is CCOC12CC=CC(=O)C1(C)C1CCC3(C)C(O)(CCC3(O)C(C)(O)C3CC(C)=C(C)C(=O)O3)C1CC2O. The largest absolute Gasteiger partial charge is 0.455 e. The van der Waals surface area contributed by atoms with Gasteiger partial charge in [0, 0.05) is 24.0 Å². The van der Waals surface area contributed by atoms with E-state index in [-0.39, 0.29) is 31.0 Å². The Hall–Kier alpha value is -1.58. The maximum atomic E-state index is 13.6. The highest BCUT2D eigenvalue weighted by Gasteiger charge is 2.79. The number of fused-ring (bicyclic) bond motifs is 5. The molecule has 4 N–H and O–H groups in total. The Morgan fingerprint density at radius 3 is 2.45 bits per heavy atom. The molecule has 8 heteroatoms. The van der Waals surface area contributed by atoms with Gasteiger partial charge in [0.1, 0.15) is 22.9 Å². The highest BCUT2D eigenvalue weighted by Crippen LogP contribution is 2.71. The van der Waals surface area contributed by atoms with Crippen LogP contribution in [0.2, 0.25) is 0 Å². The van der Waals surface area contributed by atoms with Crippen LogP contribution in [0.1, 0.15) is 86.5 Å². The monoisotopic (exact) mass is 532 g/mol. The van der Waals surface area contributed by atoms with Crippen LogP contribution in [0.3, 0.4) is 0 Å². The highest BCUT2D eigenvalue weighted by atomic mass is 16.6. The molecule has 3 saturated carbocycles. The lowest BCUT2D eigenvalue weighted by atomic mass is 9.41. The van der Waals surface area contributed by atoms with Crippen molar-refractivity contribution in [2.24, 2.45) is 22.7 Å². The van der Waals surface area contributed by atoms with Crippen LogP contribution in [0, 0.1) is 22.7 Å². The number of aliphatic hydroxyl groups is 4. The highest BCUT2D eigenvalue weighted by molar-refractivity contribution is 5.97. The average Bonchev–Trinajstić information content (AvgIpc) is 3.08. The lowest BCUT2D eigenvalue weighted by molar-refractivity contribution is -0.305. The number of allylic oxidation sites excluding steroid dienone is 1. The summed E-state index contributed by atoms with van der Waals surface area (Å²) in [6, 6.07) is 0. The summed E-state index contributed by atoms with van der Waals surface area (Å²) < 4.78 is 11.9. The Balaban J connectivity index is 1.56. The number of cyclic esters (lactones) is 1. The topological polar surface area (TPSA) is 134 Å². The molecule has 5 aliphatic rings. The maximum absolute atomic E-state index is 13.6. The van der Waals surface area contributed by atoms with Crippen LogP contribution >= 0.6 is 0 Å². The molecule has 0 aromatic carbocycles. The first kappa shape index (κ1) is 28.0. The van der Waals surface area contributed by atoms with Crippen molar-refractivity contribution in [1.29, 1.82) is 0 Å². The van der Waals surface area contributed by atoms with E-state index in [1.54, 1.807) is 19.1 Å². The van der Waals surface area contributed by atoms with Gasteiger partial charge in [-0.05, 0) is 91.1 Å². The Bertz CT molecular complexity index is 1110. The molecular formula is C30H44O8. The molecule has 0 radical (unpaired) electrons. The predicted molar refractivity (Wildman–Crippen MR) is 139 cm³/mol. The van der Waals surface area contributed by atoms with Gasteiger partial charge in [0.2, 0.25) is 0 Å². The fourth-order valence-corrected chi connectivity index (χ4v) is 9.49. The second kappa shape index (κ2) is 8.46. The zero-order valence-corrected chi connectivity index (χ0v) is 23.5. The van der Waals surface area contributed by atoms with Crippen LogP contribution in [0.15, 0.2) is 23.3 Å². The van der Waals surface area contributed by atoms with Crippen molar-refractivity contribution in [3.8, 4) is 0 Å². The second-order valence-corrected chi connectivity index (χ2v) is 13.3. The van der Waals surface area contributed by atoms with Crippen molar-refractivity contribution < 1.29 is 39.5 Å². The van der Waals surface area contributed by atoms with Gasteiger partial charge in [-0.2, -0.15) is 0 Å². The molecule has 0 bridgehead atoms. The van der Waals surface area contributed by atoms with Crippen molar-refractivity contribution in [2.75, 3.05) is 6.61 Å². The van der Waals surface area contributed by atoms with Gasteiger partial charge in [-0.15, -0.1) is 0 Å². The third kappa shape index (κ3) is 3.04. The number of hydrogen-bond donors (Lipinski definition) is 4. The molecule has 0 saturated heterocycles. The van der Waals surface area contributed by atoms with Crippen molar-refractivity contribution in [3.63, 3.8) is 0 Å². The number of carbonyl (C=O) groups excluding carboxylic acids is 2. The van der Waals surface area contributed by atoms with E-state index in [1.807, 2.05) is 27.7 Å². The van der Waals surface area contributed by atoms with Gasteiger partial charge < -0.3 is 29.9 Å². The third-order valence-electron chi connectivity index (χ3n) is 12.2. The first-order chi connectivity index (χ1) is 17.6. The zero-order chi connectivity index (χ0) is 28.1.